The zero-order chi connectivity index (χ0) is 15.4. The summed E-state index contributed by atoms with van der Waals surface area (Å²) in [5.74, 6) is -0.550. The zero-order valence-corrected chi connectivity index (χ0v) is 12.6. The van der Waals surface area contributed by atoms with E-state index in [0.29, 0.717) is 12.1 Å². The topological polar surface area (TPSA) is 62.4 Å². The number of methoxy groups -OCH3 is 1. The molecule has 1 aromatic heterocycles. The number of rotatable bonds is 5. The number of H-pyrrole nitrogens is 1. The Morgan fingerprint density at radius 2 is 2.00 bits per heavy atom. The number of fused-ring (bicyclic) bond motifs is 1. The molecule has 2 rings (SSSR count). The van der Waals surface area contributed by atoms with Crippen LogP contribution in [0.3, 0.4) is 0 Å². The minimum Gasteiger partial charge on any atom is -0.468 e. The Morgan fingerprint density at radius 1 is 1.29 bits per heavy atom. The number of esters is 1. The predicted molar refractivity (Wildman–Crippen MR) is 81.2 cm³/mol. The van der Waals surface area contributed by atoms with Crippen molar-refractivity contribution in [1.82, 2.24) is 9.88 Å². The first-order valence-electron chi connectivity index (χ1n) is 7.01. The van der Waals surface area contributed by atoms with Gasteiger partial charge in [0.25, 0.3) is 5.91 Å². The van der Waals surface area contributed by atoms with Gasteiger partial charge < -0.3 is 14.6 Å². The van der Waals surface area contributed by atoms with Crippen molar-refractivity contribution in [2.75, 3.05) is 20.2 Å². The SMILES string of the molecule is CCCN(CC(=O)OC)C(=O)c1c(C)[nH]c2ccccc12. The van der Waals surface area contributed by atoms with E-state index in [2.05, 4.69) is 9.72 Å². The fraction of sp³-hybridized carbons (Fsp3) is 0.375. The highest BCUT2D eigenvalue weighted by molar-refractivity contribution is 6.08. The van der Waals surface area contributed by atoms with E-state index in [9.17, 15) is 9.59 Å². The van der Waals surface area contributed by atoms with E-state index < -0.39 is 5.97 Å². The second kappa shape index (κ2) is 6.43. The summed E-state index contributed by atoms with van der Waals surface area (Å²) in [6.07, 6.45) is 0.782. The quantitative estimate of drug-likeness (QED) is 0.860. The van der Waals surface area contributed by atoms with E-state index in [1.807, 2.05) is 38.1 Å². The summed E-state index contributed by atoms with van der Waals surface area (Å²) in [5, 5.41) is 0.881. The van der Waals surface area contributed by atoms with E-state index >= 15 is 0 Å². The molecule has 1 aromatic carbocycles. The normalized spacial score (nSPS) is 10.6. The minimum absolute atomic E-state index is 0.0257. The summed E-state index contributed by atoms with van der Waals surface area (Å²) in [6.45, 7) is 4.34. The van der Waals surface area contributed by atoms with Crippen LogP contribution in [0.25, 0.3) is 10.9 Å². The first kappa shape index (κ1) is 15.1. The van der Waals surface area contributed by atoms with Gasteiger partial charge in [-0.3, -0.25) is 9.59 Å². The second-order valence-corrected chi connectivity index (χ2v) is 4.97. The molecule has 0 bridgehead atoms. The Kier molecular flexibility index (Phi) is 4.62. The van der Waals surface area contributed by atoms with E-state index in [1.165, 1.54) is 12.0 Å². The summed E-state index contributed by atoms with van der Waals surface area (Å²) in [5.41, 5.74) is 2.36. The molecule has 0 radical (unpaired) electrons. The molecule has 112 valence electrons. The summed E-state index contributed by atoms with van der Waals surface area (Å²) in [7, 11) is 1.33. The molecule has 1 heterocycles. The van der Waals surface area contributed by atoms with Crippen LogP contribution in [0.4, 0.5) is 0 Å². The molecule has 1 amide bonds. The van der Waals surface area contributed by atoms with E-state index in [-0.39, 0.29) is 12.5 Å². The molecule has 0 aliphatic heterocycles. The van der Waals surface area contributed by atoms with Crippen molar-refractivity contribution in [3.63, 3.8) is 0 Å². The lowest BCUT2D eigenvalue weighted by molar-refractivity contribution is -0.141. The van der Waals surface area contributed by atoms with Crippen LogP contribution in [0.1, 0.15) is 29.4 Å². The van der Waals surface area contributed by atoms with E-state index in [4.69, 9.17) is 0 Å². The Labute approximate surface area is 123 Å². The van der Waals surface area contributed by atoms with Crippen LogP contribution in [0.5, 0.6) is 0 Å². The van der Waals surface area contributed by atoms with Crippen molar-refractivity contribution in [3.8, 4) is 0 Å². The van der Waals surface area contributed by atoms with Crippen molar-refractivity contribution >= 4 is 22.8 Å². The van der Waals surface area contributed by atoms with Crippen LogP contribution in [-0.4, -0.2) is 42.0 Å². The smallest absolute Gasteiger partial charge is 0.325 e. The van der Waals surface area contributed by atoms with Crippen molar-refractivity contribution < 1.29 is 14.3 Å². The van der Waals surface area contributed by atoms with Gasteiger partial charge in [-0.25, -0.2) is 0 Å². The van der Waals surface area contributed by atoms with Crippen molar-refractivity contribution in [2.24, 2.45) is 0 Å². The van der Waals surface area contributed by atoms with Gasteiger partial charge in [-0.15, -0.1) is 0 Å². The van der Waals surface area contributed by atoms with Crippen molar-refractivity contribution in [3.05, 3.63) is 35.5 Å². The van der Waals surface area contributed by atoms with Gasteiger partial charge in [-0.2, -0.15) is 0 Å². The van der Waals surface area contributed by atoms with Gasteiger partial charge in [0.05, 0.1) is 12.7 Å². The maximum atomic E-state index is 12.8. The predicted octanol–water partition coefficient (Wildman–Crippen LogP) is 2.50. The number of para-hydroxylation sites is 1. The van der Waals surface area contributed by atoms with Crippen LogP contribution in [0.15, 0.2) is 24.3 Å². The van der Waals surface area contributed by atoms with Gasteiger partial charge in [0.15, 0.2) is 0 Å². The molecule has 0 atom stereocenters. The molecule has 0 aliphatic rings. The highest BCUT2D eigenvalue weighted by atomic mass is 16.5. The van der Waals surface area contributed by atoms with Crippen LogP contribution >= 0.6 is 0 Å². The Hall–Kier alpha value is -2.30. The zero-order valence-electron chi connectivity index (χ0n) is 12.6. The number of carbonyl (C=O) groups excluding carboxylic acids is 2. The average molecular weight is 288 g/mol. The molecular formula is C16H20N2O3. The Balaban J connectivity index is 2.38. The number of amides is 1. The summed E-state index contributed by atoms with van der Waals surface area (Å²) >= 11 is 0. The van der Waals surface area contributed by atoms with Gasteiger partial charge >= 0.3 is 5.97 Å². The fourth-order valence-electron chi connectivity index (χ4n) is 2.45. The van der Waals surface area contributed by atoms with Gasteiger partial charge in [-0.05, 0) is 19.4 Å². The number of nitrogens with one attached hydrogen (secondary N) is 1. The second-order valence-electron chi connectivity index (χ2n) is 4.97. The maximum Gasteiger partial charge on any atom is 0.325 e. The van der Waals surface area contributed by atoms with E-state index in [0.717, 1.165) is 23.0 Å². The largest absolute Gasteiger partial charge is 0.468 e. The number of benzene rings is 1. The number of ether oxygens (including phenoxy) is 1. The first-order valence-corrected chi connectivity index (χ1v) is 7.01. The first-order chi connectivity index (χ1) is 10.1. The number of carbonyl (C=O) groups is 2. The third kappa shape index (κ3) is 3.07. The standard InChI is InChI=1S/C16H20N2O3/c1-4-9-18(10-14(19)21-3)16(20)15-11(2)17-13-8-6-5-7-12(13)15/h5-8,17H,4,9-10H2,1-3H3. The molecule has 0 aliphatic carbocycles. The maximum absolute atomic E-state index is 12.8. The lowest BCUT2D eigenvalue weighted by Crippen LogP contribution is -2.37. The molecule has 5 heteroatoms. The summed E-state index contributed by atoms with van der Waals surface area (Å²) in [4.78, 5) is 29.0. The van der Waals surface area contributed by atoms with Crippen molar-refractivity contribution in [2.45, 2.75) is 20.3 Å². The average Bonchev–Trinajstić information content (AvgIpc) is 2.81. The highest BCUT2D eigenvalue weighted by Crippen LogP contribution is 2.23. The summed E-state index contributed by atoms with van der Waals surface area (Å²) < 4.78 is 4.67. The van der Waals surface area contributed by atoms with Gasteiger partial charge in [0.2, 0.25) is 0 Å². The molecule has 5 nitrogen and oxygen atoms in total. The van der Waals surface area contributed by atoms with Crippen LogP contribution in [-0.2, 0) is 9.53 Å². The number of hydrogen-bond donors (Lipinski definition) is 1. The number of aromatic amines is 1. The van der Waals surface area contributed by atoms with Crippen molar-refractivity contribution in [1.29, 1.82) is 0 Å². The molecular weight excluding hydrogens is 268 g/mol. The van der Waals surface area contributed by atoms with Gasteiger partial charge in [0, 0.05) is 23.1 Å². The molecule has 2 aromatic rings. The number of aromatic nitrogens is 1. The number of hydrogen-bond acceptors (Lipinski definition) is 3. The monoisotopic (exact) mass is 288 g/mol. The molecule has 0 spiro atoms. The van der Waals surface area contributed by atoms with Gasteiger partial charge in [0.1, 0.15) is 6.54 Å². The molecule has 0 fully saturated rings. The minimum atomic E-state index is -0.408. The molecule has 21 heavy (non-hydrogen) atoms. The van der Waals surface area contributed by atoms with E-state index in [1.54, 1.807) is 0 Å². The molecule has 1 N–H and O–H groups in total. The lowest BCUT2D eigenvalue weighted by atomic mass is 10.1. The molecule has 0 unspecified atom stereocenters. The Morgan fingerprint density at radius 3 is 2.67 bits per heavy atom. The molecule has 0 saturated carbocycles. The van der Waals surface area contributed by atoms with Crippen LogP contribution < -0.4 is 0 Å². The van der Waals surface area contributed by atoms with Crippen LogP contribution in [0.2, 0.25) is 0 Å². The molecule has 0 saturated heterocycles. The summed E-state index contributed by atoms with van der Waals surface area (Å²) in [6, 6.07) is 7.67. The third-order valence-corrected chi connectivity index (χ3v) is 3.44. The third-order valence-electron chi connectivity index (χ3n) is 3.44. The highest BCUT2D eigenvalue weighted by Gasteiger charge is 2.23. The van der Waals surface area contributed by atoms with Crippen LogP contribution in [0, 0.1) is 6.92 Å². The number of nitrogens with zero attached hydrogens (tertiary/aromatic N) is 1. The number of aryl methyl sites for hydroxylation is 1. The van der Waals surface area contributed by atoms with Gasteiger partial charge in [-0.1, -0.05) is 25.1 Å². The lowest BCUT2D eigenvalue weighted by Gasteiger charge is -2.21. The fourth-order valence-corrected chi connectivity index (χ4v) is 2.45. The Bertz CT molecular complexity index is 661.